The fourth-order valence-electron chi connectivity index (χ4n) is 2.96. The van der Waals surface area contributed by atoms with Crippen molar-refractivity contribution in [3.8, 4) is 11.5 Å². The van der Waals surface area contributed by atoms with Gasteiger partial charge in [-0.05, 0) is 47.4 Å². The van der Waals surface area contributed by atoms with Gasteiger partial charge in [-0.25, -0.2) is 4.57 Å². The van der Waals surface area contributed by atoms with E-state index in [1.807, 2.05) is 60.7 Å². The van der Waals surface area contributed by atoms with Crippen LogP contribution in [0.3, 0.4) is 0 Å². The van der Waals surface area contributed by atoms with Gasteiger partial charge in [0.05, 0.1) is 0 Å². The van der Waals surface area contributed by atoms with Crippen molar-refractivity contribution in [1.82, 2.24) is 0 Å². The van der Waals surface area contributed by atoms with E-state index >= 15 is 0 Å². The Kier molecular flexibility index (Phi) is 11.5. The minimum atomic E-state index is -4.64. The van der Waals surface area contributed by atoms with Gasteiger partial charge in [0.15, 0.2) is 0 Å². The first-order chi connectivity index (χ1) is 16.4. The second-order valence-corrected chi connectivity index (χ2v) is 8.03. The van der Waals surface area contributed by atoms with E-state index in [-0.39, 0.29) is 0 Å². The second kappa shape index (κ2) is 14.6. The van der Waals surface area contributed by atoms with Gasteiger partial charge in [0, 0.05) is 0 Å². The molecule has 0 radical (unpaired) electrons. The summed E-state index contributed by atoms with van der Waals surface area (Å²) in [5, 5.41) is 0. The van der Waals surface area contributed by atoms with Gasteiger partial charge in [-0.15, -0.1) is 0 Å². The molecule has 4 aromatic carbocycles. The van der Waals surface area contributed by atoms with E-state index in [1.165, 1.54) is 16.7 Å². The van der Waals surface area contributed by atoms with Crippen molar-refractivity contribution in [3.05, 3.63) is 139 Å². The number of benzene rings is 4. The zero-order valence-electron chi connectivity index (χ0n) is 18.9. The van der Waals surface area contributed by atoms with Crippen LogP contribution < -0.4 is 4.74 Å². The van der Waals surface area contributed by atoms with Crippen molar-refractivity contribution in [2.45, 2.75) is 13.3 Å². The van der Waals surface area contributed by atoms with Crippen molar-refractivity contribution in [1.29, 1.82) is 0 Å². The Hall–Kier alpha value is -3.47. The minimum Gasteiger partial charge on any atom is -0.457 e. The van der Waals surface area contributed by atoms with Crippen LogP contribution in [-0.4, -0.2) is 14.7 Å². The average molecular weight is 477 g/mol. The maximum atomic E-state index is 8.88. The van der Waals surface area contributed by atoms with Crippen LogP contribution in [0, 0.1) is 0 Å². The Bertz CT molecular complexity index is 1060. The van der Waals surface area contributed by atoms with Gasteiger partial charge in [0.25, 0.3) is 0 Å². The fraction of sp³-hybridized carbons (Fsp3) is 0.0714. The summed E-state index contributed by atoms with van der Waals surface area (Å²) in [5.74, 6) is 1.74. The molecule has 0 saturated heterocycles. The molecule has 0 fully saturated rings. The maximum absolute atomic E-state index is 8.88. The van der Waals surface area contributed by atoms with Gasteiger partial charge in [0.2, 0.25) is 0 Å². The lowest BCUT2D eigenvalue weighted by Gasteiger charge is -2.07. The highest BCUT2D eigenvalue weighted by Gasteiger charge is 2.02. The van der Waals surface area contributed by atoms with E-state index in [2.05, 4.69) is 73.7 Å². The lowest BCUT2D eigenvalue weighted by atomic mass is 9.97. The maximum Gasteiger partial charge on any atom is 0.466 e. The molecule has 5 nitrogen and oxygen atoms in total. The lowest BCUT2D eigenvalue weighted by molar-refractivity contribution is 0.275. The van der Waals surface area contributed by atoms with Crippen LogP contribution in [-0.2, 0) is 4.57 Å². The molecule has 0 saturated carbocycles. The third-order valence-corrected chi connectivity index (χ3v) is 4.30. The largest absolute Gasteiger partial charge is 0.466 e. The summed E-state index contributed by atoms with van der Waals surface area (Å²) in [4.78, 5) is 21.6. The molecule has 0 heterocycles. The topological polar surface area (TPSA) is 87.0 Å². The SMILES string of the molecule is CCC=C(c1ccccc1)c1ccccc1.O=P(O)(O)O.c1ccc(Oc2ccccc2)cc1. The highest BCUT2D eigenvalue weighted by atomic mass is 31.2. The predicted molar refractivity (Wildman–Crippen MR) is 137 cm³/mol. The minimum absolute atomic E-state index is 0.869. The first-order valence-corrected chi connectivity index (χ1v) is 12.3. The molecule has 4 aromatic rings. The molecule has 0 unspecified atom stereocenters. The number of hydrogen-bond donors (Lipinski definition) is 3. The summed E-state index contributed by atoms with van der Waals surface area (Å²) >= 11 is 0. The molecule has 3 N–H and O–H groups in total. The molecular formula is C28H29O5P. The van der Waals surface area contributed by atoms with Crippen LogP contribution in [0.25, 0.3) is 5.57 Å². The molecule has 0 atom stereocenters. The Balaban J connectivity index is 0.000000204. The molecule has 0 aromatic heterocycles. The summed E-state index contributed by atoms with van der Waals surface area (Å²) in [6.45, 7) is 2.17. The quantitative estimate of drug-likeness (QED) is 0.268. The van der Waals surface area contributed by atoms with Crippen LogP contribution >= 0.6 is 7.82 Å². The monoisotopic (exact) mass is 476 g/mol. The van der Waals surface area contributed by atoms with Crippen molar-refractivity contribution >= 4 is 13.4 Å². The molecule has 0 bridgehead atoms. The summed E-state index contributed by atoms with van der Waals surface area (Å²) < 4.78 is 14.5. The highest BCUT2D eigenvalue weighted by Crippen LogP contribution is 2.26. The molecule has 0 spiro atoms. The number of ether oxygens (including phenoxy) is 1. The van der Waals surface area contributed by atoms with Crippen molar-refractivity contribution < 1.29 is 24.0 Å². The van der Waals surface area contributed by atoms with Crippen molar-refractivity contribution in [2.24, 2.45) is 0 Å². The average Bonchev–Trinajstić information content (AvgIpc) is 2.84. The summed E-state index contributed by atoms with van der Waals surface area (Å²) in [5.41, 5.74) is 3.90. The van der Waals surface area contributed by atoms with Crippen LogP contribution in [0.2, 0.25) is 0 Å². The predicted octanol–water partition coefficient (Wildman–Crippen LogP) is 7.08. The van der Waals surface area contributed by atoms with Crippen LogP contribution in [0.15, 0.2) is 127 Å². The third kappa shape index (κ3) is 11.4. The summed E-state index contributed by atoms with van der Waals surface area (Å²) in [6, 6.07) is 40.6. The van der Waals surface area contributed by atoms with Gasteiger partial charge in [-0.1, -0.05) is 110 Å². The van der Waals surface area contributed by atoms with E-state index in [1.54, 1.807) is 0 Å². The number of rotatable bonds is 5. The second-order valence-electron chi connectivity index (χ2n) is 7.00. The standard InChI is InChI=1S/C16H16.C12H10O.H3O4P/c1-2-9-16(14-10-5-3-6-11-14)15-12-7-4-8-13-15;1-3-7-11(8-4-1)13-12-9-5-2-6-10-12;1-5(2,3)4/h3-13H,2H2,1H3;1-10H;(H3,1,2,3,4). The van der Waals surface area contributed by atoms with Gasteiger partial charge < -0.3 is 19.4 Å². The first kappa shape index (κ1) is 26.8. The van der Waals surface area contributed by atoms with Crippen LogP contribution in [0.4, 0.5) is 0 Å². The molecule has 0 aliphatic carbocycles. The Morgan fingerprint density at radius 2 is 0.941 bits per heavy atom. The van der Waals surface area contributed by atoms with Crippen molar-refractivity contribution in [2.75, 3.05) is 0 Å². The number of allylic oxidation sites excluding steroid dienone is 1. The Labute approximate surface area is 200 Å². The molecular weight excluding hydrogens is 447 g/mol. The van der Waals surface area contributed by atoms with Gasteiger partial charge in [0.1, 0.15) is 11.5 Å². The van der Waals surface area contributed by atoms with E-state index in [0.717, 1.165) is 17.9 Å². The van der Waals surface area contributed by atoms with Crippen LogP contribution in [0.1, 0.15) is 24.5 Å². The fourth-order valence-corrected chi connectivity index (χ4v) is 2.96. The van der Waals surface area contributed by atoms with E-state index in [4.69, 9.17) is 24.0 Å². The molecule has 0 aliphatic rings. The molecule has 0 aliphatic heterocycles. The van der Waals surface area contributed by atoms with Crippen molar-refractivity contribution in [3.63, 3.8) is 0 Å². The van der Waals surface area contributed by atoms with Gasteiger partial charge in [-0.3, -0.25) is 0 Å². The third-order valence-electron chi connectivity index (χ3n) is 4.30. The molecule has 34 heavy (non-hydrogen) atoms. The number of para-hydroxylation sites is 2. The smallest absolute Gasteiger partial charge is 0.457 e. The van der Waals surface area contributed by atoms with Crippen LogP contribution in [0.5, 0.6) is 11.5 Å². The first-order valence-electron chi connectivity index (χ1n) is 10.7. The van der Waals surface area contributed by atoms with E-state index < -0.39 is 7.82 Å². The summed E-state index contributed by atoms with van der Waals surface area (Å²) in [7, 11) is -4.64. The molecule has 6 heteroatoms. The normalized spacial score (nSPS) is 10.0. The molecule has 176 valence electrons. The molecule has 0 amide bonds. The number of hydrogen-bond acceptors (Lipinski definition) is 2. The lowest BCUT2D eigenvalue weighted by Crippen LogP contribution is -1.87. The van der Waals surface area contributed by atoms with E-state index in [0.29, 0.717) is 0 Å². The van der Waals surface area contributed by atoms with E-state index in [9.17, 15) is 0 Å². The Morgan fingerprint density at radius 3 is 1.24 bits per heavy atom. The highest BCUT2D eigenvalue weighted by molar-refractivity contribution is 7.45. The zero-order chi connectivity index (χ0) is 24.7. The summed E-state index contributed by atoms with van der Waals surface area (Å²) in [6.07, 6.45) is 3.34. The zero-order valence-corrected chi connectivity index (χ0v) is 19.8. The van der Waals surface area contributed by atoms with Gasteiger partial charge in [-0.2, -0.15) is 0 Å². The number of phosphoric acid groups is 1. The Morgan fingerprint density at radius 1 is 0.647 bits per heavy atom. The van der Waals surface area contributed by atoms with Gasteiger partial charge >= 0.3 is 7.82 Å². The molecule has 4 rings (SSSR count).